The fourth-order valence-corrected chi connectivity index (χ4v) is 2.24. The fourth-order valence-electron chi connectivity index (χ4n) is 2.24. The van der Waals surface area contributed by atoms with Gasteiger partial charge in [0.1, 0.15) is 5.82 Å². The quantitative estimate of drug-likeness (QED) is 0.749. The van der Waals surface area contributed by atoms with Crippen molar-refractivity contribution in [3.8, 4) is 0 Å². The highest BCUT2D eigenvalue weighted by molar-refractivity contribution is 5.76. The number of fused-ring (bicyclic) bond motifs is 1. The molecule has 0 saturated carbocycles. The Morgan fingerprint density at radius 3 is 2.90 bits per heavy atom. The van der Waals surface area contributed by atoms with E-state index in [0.29, 0.717) is 19.5 Å². The molecule has 5 heteroatoms. The molecule has 0 aliphatic heterocycles. The Kier molecular flexibility index (Phi) is 5.12. The average Bonchev–Trinajstić information content (AvgIpc) is 2.78. The van der Waals surface area contributed by atoms with Crippen LogP contribution in [0.15, 0.2) is 24.3 Å². The number of hydrogen-bond acceptors (Lipinski definition) is 3. The van der Waals surface area contributed by atoms with Crippen LogP contribution in [-0.2, 0) is 18.3 Å². The normalized spacial score (nSPS) is 10.9. The Bertz CT molecular complexity index is 576. The summed E-state index contributed by atoms with van der Waals surface area (Å²) < 4.78 is 2.12. The zero-order chi connectivity index (χ0) is 14.4. The lowest BCUT2D eigenvalue weighted by Gasteiger charge is -2.05. The maximum atomic E-state index is 11.4. The number of para-hydroxylation sites is 2. The van der Waals surface area contributed by atoms with Gasteiger partial charge in [-0.1, -0.05) is 12.1 Å². The van der Waals surface area contributed by atoms with E-state index in [0.717, 1.165) is 36.1 Å². The summed E-state index contributed by atoms with van der Waals surface area (Å²) in [5.41, 5.74) is 7.54. The Morgan fingerprint density at radius 1 is 1.35 bits per heavy atom. The lowest BCUT2D eigenvalue weighted by Crippen LogP contribution is -2.25. The van der Waals surface area contributed by atoms with Crippen molar-refractivity contribution in [1.82, 2.24) is 14.9 Å². The van der Waals surface area contributed by atoms with E-state index in [1.54, 1.807) is 0 Å². The van der Waals surface area contributed by atoms with Crippen LogP contribution in [0.1, 0.15) is 25.1 Å². The molecule has 20 heavy (non-hydrogen) atoms. The number of carbonyl (C=O) groups is 1. The third-order valence-corrected chi connectivity index (χ3v) is 3.39. The van der Waals surface area contributed by atoms with Crippen molar-refractivity contribution >= 4 is 16.9 Å². The molecule has 0 spiro atoms. The second-order valence-electron chi connectivity index (χ2n) is 4.92. The second-order valence-corrected chi connectivity index (χ2v) is 4.92. The molecular formula is C15H22N4O. The molecule has 0 saturated heterocycles. The first-order valence-electron chi connectivity index (χ1n) is 7.09. The molecule has 5 nitrogen and oxygen atoms in total. The molecule has 3 N–H and O–H groups in total. The summed E-state index contributed by atoms with van der Waals surface area (Å²) in [6.45, 7) is 1.25. The van der Waals surface area contributed by atoms with Gasteiger partial charge in [0.15, 0.2) is 0 Å². The van der Waals surface area contributed by atoms with Gasteiger partial charge in [0.25, 0.3) is 0 Å². The number of nitrogens with one attached hydrogen (secondary N) is 1. The first-order chi connectivity index (χ1) is 9.72. The molecule has 0 radical (unpaired) electrons. The van der Waals surface area contributed by atoms with Crippen LogP contribution < -0.4 is 11.1 Å². The Balaban J connectivity index is 1.81. The van der Waals surface area contributed by atoms with Crippen molar-refractivity contribution in [2.45, 2.75) is 25.7 Å². The van der Waals surface area contributed by atoms with Crippen LogP contribution in [0.5, 0.6) is 0 Å². The lowest BCUT2D eigenvalue weighted by molar-refractivity contribution is -0.121. The van der Waals surface area contributed by atoms with E-state index in [1.165, 1.54) is 0 Å². The number of imidazole rings is 1. The minimum absolute atomic E-state index is 0.0838. The van der Waals surface area contributed by atoms with Crippen molar-refractivity contribution in [2.24, 2.45) is 12.8 Å². The molecular weight excluding hydrogens is 252 g/mol. The van der Waals surface area contributed by atoms with Crippen LogP contribution >= 0.6 is 0 Å². The van der Waals surface area contributed by atoms with Gasteiger partial charge in [-0.3, -0.25) is 4.79 Å². The van der Waals surface area contributed by atoms with Crippen LogP contribution in [0, 0.1) is 0 Å². The second kappa shape index (κ2) is 7.05. The van der Waals surface area contributed by atoms with Gasteiger partial charge in [-0.25, -0.2) is 4.98 Å². The van der Waals surface area contributed by atoms with Gasteiger partial charge in [0.05, 0.1) is 11.0 Å². The predicted octanol–water partition coefficient (Wildman–Crippen LogP) is 1.36. The first kappa shape index (κ1) is 14.5. The third-order valence-electron chi connectivity index (χ3n) is 3.39. The highest BCUT2D eigenvalue weighted by atomic mass is 16.1. The number of rotatable bonds is 7. The zero-order valence-corrected chi connectivity index (χ0v) is 11.9. The van der Waals surface area contributed by atoms with Crippen molar-refractivity contribution in [3.05, 3.63) is 30.1 Å². The fraction of sp³-hybridized carbons (Fsp3) is 0.467. The van der Waals surface area contributed by atoms with Gasteiger partial charge in [-0.15, -0.1) is 0 Å². The van der Waals surface area contributed by atoms with Crippen molar-refractivity contribution in [3.63, 3.8) is 0 Å². The maximum Gasteiger partial charge on any atom is 0.220 e. The van der Waals surface area contributed by atoms with Crippen LogP contribution in [0.4, 0.5) is 0 Å². The van der Waals surface area contributed by atoms with Crippen LogP contribution in [-0.4, -0.2) is 28.5 Å². The van der Waals surface area contributed by atoms with Crippen LogP contribution in [0.3, 0.4) is 0 Å². The average molecular weight is 274 g/mol. The predicted molar refractivity (Wildman–Crippen MR) is 80.3 cm³/mol. The topological polar surface area (TPSA) is 72.9 Å². The molecule has 2 rings (SSSR count). The van der Waals surface area contributed by atoms with E-state index in [-0.39, 0.29) is 5.91 Å². The number of amides is 1. The summed E-state index contributed by atoms with van der Waals surface area (Å²) in [6, 6.07) is 8.11. The number of benzene rings is 1. The molecule has 0 bridgehead atoms. The van der Waals surface area contributed by atoms with Gasteiger partial charge in [0.2, 0.25) is 5.91 Å². The molecule has 1 amide bonds. The molecule has 0 aliphatic carbocycles. The number of nitrogens with zero attached hydrogens (tertiary/aromatic N) is 2. The van der Waals surface area contributed by atoms with Crippen molar-refractivity contribution in [1.29, 1.82) is 0 Å². The summed E-state index contributed by atoms with van der Waals surface area (Å²) in [4.78, 5) is 16.0. The number of hydrogen-bond donors (Lipinski definition) is 2. The largest absolute Gasteiger partial charge is 0.356 e. The van der Waals surface area contributed by atoms with E-state index in [2.05, 4.69) is 20.9 Å². The van der Waals surface area contributed by atoms with Crippen molar-refractivity contribution < 1.29 is 4.79 Å². The molecule has 0 atom stereocenters. The molecule has 1 heterocycles. The SMILES string of the molecule is Cn1c(CCCNC(=O)CCCN)nc2ccccc21. The first-order valence-corrected chi connectivity index (χ1v) is 7.09. The molecule has 0 unspecified atom stereocenters. The van der Waals surface area contributed by atoms with E-state index < -0.39 is 0 Å². The Hall–Kier alpha value is -1.88. The smallest absolute Gasteiger partial charge is 0.220 e. The number of aryl methyl sites for hydroxylation is 2. The highest BCUT2D eigenvalue weighted by Crippen LogP contribution is 2.14. The van der Waals surface area contributed by atoms with Gasteiger partial charge in [0, 0.05) is 26.4 Å². The van der Waals surface area contributed by atoms with E-state index in [9.17, 15) is 4.79 Å². The van der Waals surface area contributed by atoms with Crippen LogP contribution in [0.25, 0.3) is 11.0 Å². The molecule has 1 aromatic heterocycles. The summed E-state index contributed by atoms with van der Waals surface area (Å²) in [7, 11) is 2.03. The molecule has 2 aromatic rings. The van der Waals surface area contributed by atoms with Gasteiger partial charge in [-0.2, -0.15) is 0 Å². The highest BCUT2D eigenvalue weighted by Gasteiger charge is 2.06. The molecule has 0 aliphatic rings. The maximum absolute atomic E-state index is 11.4. The lowest BCUT2D eigenvalue weighted by atomic mass is 10.2. The zero-order valence-electron chi connectivity index (χ0n) is 11.9. The standard InChI is InChI=1S/C15H22N4O/c1-19-13-7-3-2-6-12(13)18-14(19)8-5-11-17-15(20)9-4-10-16/h2-3,6-7H,4-5,8-11,16H2,1H3,(H,17,20). The number of aromatic nitrogens is 2. The third kappa shape index (κ3) is 3.57. The van der Waals surface area contributed by atoms with E-state index in [1.807, 2.05) is 25.2 Å². The molecule has 0 fully saturated rings. The molecule has 108 valence electrons. The van der Waals surface area contributed by atoms with Crippen LogP contribution in [0.2, 0.25) is 0 Å². The van der Waals surface area contributed by atoms with Gasteiger partial charge >= 0.3 is 0 Å². The molecule has 1 aromatic carbocycles. The summed E-state index contributed by atoms with van der Waals surface area (Å²) in [5, 5.41) is 2.91. The Morgan fingerprint density at radius 2 is 2.15 bits per heavy atom. The minimum Gasteiger partial charge on any atom is -0.356 e. The minimum atomic E-state index is 0.0838. The van der Waals surface area contributed by atoms with Gasteiger partial charge < -0.3 is 15.6 Å². The Labute approximate surface area is 119 Å². The number of nitrogens with two attached hydrogens (primary N) is 1. The van der Waals surface area contributed by atoms with E-state index in [4.69, 9.17) is 5.73 Å². The van der Waals surface area contributed by atoms with E-state index >= 15 is 0 Å². The number of carbonyl (C=O) groups excluding carboxylic acids is 1. The van der Waals surface area contributed by atoms with Crippen molar-refractivity contribution in [2.75, 3.05) is 13.1 Å². The van der Waals surface area contributed by atoms with Gasteiger partial charge in [-0.05, 0) is 31.5 Å². The monoisotopic (exact) mass is 274 g/mol. The summed E-state index contributed by atoms with van der Waals surface area (Å²) in [6.07, 6.45) is 3.02. The summed E-state index contributed by atoms with van der Waals surface area (Å²) >= 11 is 0. The summed E-state index contributed by atoms with van der Waals surface area (Å²) in [5.74, 6) is 1.14.